The molecule has 0 aliphatic carbocycles. The normalized spacial score (nSPS) is 13.2. The van der Waals surface area contributed by atoms with Crippen molar-refractivity contribution in [3.05, 3.63) is 0 Å². The predicted octanol–water partition coefficient (Wildman–Crippen LogP) is 1.75. The van der Waals surface area contributed by atoms with E-state index in [9.17, 15) is 0 Å². The van der Waals surface area contributed by atoms with Gasteiger partial charge < -0.3 is 14.8 Å². The summed E-state index contributed by atoms with van der Waals surface area (Å²) in [7, 11) is 3.52. The summed E-state index contributed by atoms with van der Waals surface area (Å²) in [6.45, 7) is 10.4. The summed E-state index contributed by atoms with van der Waals surface area (Å²) in [5.74, 6) is 0. The van der Waals surface area contributed by atoms with E-state index in [1.54, 1.807) is 14.2 Å². The van der Waals surface area contributed by atoms with Crippen LogP contribution in [-0.4, -0.2) is 64.6 Å². The molecule has 4 nitrogen and oxygen atoms in total. The van der Waals surface area contributed by atoms with Crippen molar-refractivity contribution < 1.29 is 9.47 Å². The van der Waals surface area contributed by atoms with Crippen LogP contribution in [0.5, 0.6) is 0 Å². The molecule has 0 heterocycles. The molecule has 0 aromatic carbocycles. The molecule has 0 saturated heterocycles. The van der Waals surface area contributed by atoms with Crippen molar-refractivity contribution in [3.8, 4) is 0 Å². The maximum absolute atomic E-state index is 5.18. The molecule has 110 valence electrons. The second kappa shape index (κ2) is 13.3. The third kappa shape index (κ3) is 9.83. The maximum Gasteiger partial charge on any atom is 0.0589 e. The number of nitrogens with one attached hydrogen (secondary N) is 1. The Bertz CT molecular complexity index is 168. The Morgan fingerprint density at radius 1 is 1.06 bits per heavy atom. The lowest BCUT2D eigenvalue weighted by atomic mass is 10.2. The van der Waals surface area contributed by atoms with Crippen LogP contribution in [0.3, 0.4) is 0 Å². The molecule has 18 heavy (non-hydrogen) atoms. The monoisotopic (exact) mass is 260 g/mol. The van der Waals surface area contributed by atoms with Gasteiger partial charge in [-0.1, -0.05) is 13.3 Å². The van der Waals surface area contributed by atoms with Crippen LogP contribution in [0.25, 0.3) is 0 Å². The molecule has 0 rings (SSSR count). The van der Waals surface area contributed by atoms with Gasteiger partial charge in [0, 0.05) is 46.5 Å². The minimum absolute atomic E-state index is 0.550. The van der Waals surface area contributed by atoms with Gasteiger partial charge in [-0.3, -0.25) is 4.90 Å². The fraction of sp³-hybridized carbons (Fsp3) is 1.00. The number of ether oxygens (including phenoxy) is 2. The first-order valence-electron chi connectivity index (χ1n) is 7.18. The lowest BCUT2D eigenvalue weighted by Crippen LogP contribution is -2.43. The molecule has 0 saturated carbocycles. The molecule has 4 heteroatoms. The van der Waals surface area contributed by atoms with E-state index in [-0.39, 0.29) is 0 Å². The lowest BCUT2D eigenvalue weighted by Gasteiger charge is -2.29. The highest BCUT2D eigenvalue weighted by Crippen LogP contribution is 2.00. The van der Waals surface area contributed by atoms with Gasteiger partial charge in [-0.2, -0.15) is 0 Å². The summed E-state index contributed by atoms with van der Waals surface area (Å²) in [4.78, 5) is 2.47. The largest absolute Gasteiger partial charge is 0.385 e. The van der Waals surface area contributed by atoms with Gasteiger partial charge in [-0.15, -0.1) is 0 Å². The maximum atomic E-state index is 5.18. The van der Waals surface area contributed by atoms with Crippen molar-refractivity contribution in [1.82, 2.24) is 10.2 Å². The lowest BCUT2D eigenvalue weighted by molar-refractivity contribution is 0.110. The minimum Gasteiger partial charge on any atom is -0.385 e. The second-order valence-corrected chi connectivity index (χ2v) is 4.78. The van der Waals surface area contributed by atoms with Crippen LogP contribution in [-0.2, 0) is 9.47 Å². The first-order valence-corrected chi connectivity index (χ1v) is 7.18. The van der Waals surface area contributed by atoms with E-state index in [0.717, 1.165) is 45.8 Å². The van der Waals surface area contributed by atoms with Gasteiger partial charge in [0.25, 0.3) is 0 Å². The van der Waals surface area contributed by atoms with E-state index in [0.29, 0.717) is 6.04 Å². The van der Waals surface area contributed by atoms with Gasteiger partial charge >= 0.3 is 0 Å². The highest BCUT2D eigenvalue weighted by molar-refractivity contribution is 4.69. The highest BCUT2D eigenvalue weighted by atomic mass is 16.5. The van der Waals surface area contributed by atoms with Crippen LogP contribution in [0.15, 0.2) is 0 Å². The molecule has 1 unspecified atom stereocenters. The van der Waals surface area contributed by atoms with E-state index < -0.39 is 0 Å². The average Bonchev–Trinajstić information content (AvgIpc) is 2.38. The van der Waals surface area contributed by atoms with Crippen molar-refractivity contribution in [2.75, 3.05) is 53.6 Å². The molecule has 0 radical (unpaired) electrons. The summed E-state index contributed by atoms with van der Waals surface area (Å²) in [5, 5.41) is 3.52. The molecule has 1 atom stereocenters. The zero-order chi connectivity index (χ0) is 13.6. The SMILES string of the molecule is CCCCNCC(C)N(CCCOC)CCOC. The van der Waals surface area contributed by atoms with Gasteiger partial charge in [0.2, 0.25) is 0 Å². The quantitative estimate of drug-likeness (QED) is 0.512. The summed E-state index contributed by atoms with van der Waals surface area (Å²) in [6, 6.07) is 0.550. The number of rotatable bonds is 13. The molecule has 0 amide bonds. The minimum atomic E-state index is 0.550. The van der Waals surface area contributed by atoms with E-state index in [1.165, 1.54) is 12.8 Å². The Balaban J connectivity index is 3.84. The average molecular weight is 260 g/mol. The van der Waals surface area contributed by atoms with Gasteiger partial charge in [0.15, 0.2) is 0 Å². The summed E-state index contributed by atoms with van der Waals surface area (Å²) < 4.78 is 10.3. The molecule has 1 N–H and O–H groups in total. The van der Waals surface area contributed by atoms with Gasteiger partial charge in [-0.05, 0) is 26.3 Å². The van der Waals surface area contributed by atoms with Crippen LogP contribution < -0.4 is 5.32 Å². The molecule has 0 spiro atoms. The fourth-order valence-corrected chi connectivity index (χ4v) is 1.91. The number of nitrogens with zero attached hydrogens (tertiary/aromatic N) is 1. The third-order valence-corrected chi connectivity index (χ3v) is 3.15. The topological polar surface area (TPSA) is 33.7 Å². The molecule has 0 aliphatic rings. The zero-order valence-corrected chi connectivity index (χ0v) is 12.7. The number of unbranched alkanes of at least 4 members (excludes halogenated alkanes) is 1. The van der Waals surface area contributed by atoms with Crippen LogP contribution in [0, 0.1) is 0 Å². The van der Waals surface area contributed by atoms with Gasteiger partial charge in [0.1, 0.15) is 0 Å². The Kier molecular flexibility index (Phi) is 13.2. The Hall–Kier alpha value is -0.160. The van der Waals surface area contributed by atoms with E-state index >= 15 is 0 Å². The van der Waals surface area contributed by atoms with E-state index in [4.69, 9.17) is 9.47 Å². The smallest absolute Gasteiger partial charge is 0.0589 e. The van der Waals surface area contributed by atoms with Crippen LogP contribution in [0.2, 0.25) is 0 Å². The first-order chi connectivity index (χ1) is 8.76. The molecule has 0 fully saturated rings. The summed E-state index contributed by atoms with van der Waals surface area (Å²) in [6.07, 6.45) is 3.59. The zero-order valence-electron chi connectivity index (χ0n) is 12.7. The second-order valence-electron chi connectivity index (χ2n) is 4.78. The third-order valence-electron chi connectivity index (χ3n) is 3.15. The molecule has 0 aliphatic heterocycles. The Morgan fingerprint density at radius 2 is 1.78 bits per heavy atom. The number of methoxy groups -OCH3 is 2. The summed E-state index contributed by atoms with van der Waals surface area (Å²) in [5.41, 5.74) is 0. The highest BCUT2D eigenvalue weighted by Gasteiger charge is 2.12. The molecule has 0 bridgehead atoms. The molecular weight excluding hydrogens is 228 g/mol. The van der Waals surface area contributed by atoms with Crippen LogP contribution in [0.4, 0.5) is 0 Å². The Morgan fingerprint density at radius 3 is 2.39 bits per heavy atom. The molecular formula is C14H32N2O2. The first kappa shape index (κ1) is 17.8. The van der Waals surface area contributed by atoms with Crippen molar-refractivity contribution in [1.29, 1.82) is 0 Å². The standard InChI is InChI=1S/C14H32N2O2/c1-5-6-8-15-13-14(2)16(10-12-18-4)9-7-11-17-3/h14-15H,5-13H2,1-4H3. The fourth-order valence-electron chi connectivity index (χ4n) is 1.91. The molecule has 0 aromatic rings. The van der Waals surface area contributed by atoms with Crippen molar-refractivity contribution in [3.63, 3.8) is 0 Å². The van der Waals surface area contributed by atoms with Gasteiger partial charge in [0.05, 0.1) is 6.61 Å². The Labute approximate surface area is 113 Å². The predicted molar refractivity (Wildman–Crippen MR) is 77.2 cm³/mol. The van der Waals surface area contributed by atoms with Gasteiger partial charge in [-0.25, -0.2) is 0 Å². The van der Waals surface area contributed by atoms with Crippen LogP contribution in [0.1, 0.15) is 33.1 Å². The van der Waals surface area contributed by atoms with Crippen molar-refractivity contribution in [2.45, 2.75) is 39.2 Å². The van der Waals surface area contributed by atoms with E-state index in [1.807, 2.05) is 0 Å². The van der Waals surface area contributed by atoms with Crippen molar-refractivity contribution in [2.24, 2.45) is 0 Å². The van der Waals surface area contributed by atoms with Crippen LogP contribution >= 0.6 is 0 Å². The summed E-state index contributed by atoms with van der Waals surface area (Å²) >= 11 is 0. The molecule has 0 aromatic heterocycles. The number of hydrogen-bond donors (Lipinski definition) is 1. The number of hydrogen-bond acceptors (Lipinski definition) is 4. The van der Waals surface area contributed by atoms with E-state index in [2.05, 4.69) is 24.1 Å². The van der Waals surface area contributed by atoms with Crippen molar-refractivity contribution >= 4 is 0 Å².